The molecule has 0 atom stereocenters. The van der Waals surface area contributed by atoms with Crippen molar-refractivity contribution < 1.29 is 5.11 Å². The van der Waals surface area contributed by atoms with Crippen LogP contribution in [0.3, 0.4) is 0 Å². The van der Waals surface area contributed by atoms with Crippen LogP contribution in [0.5, 0.6) is 0 Å². The average molecular weight is 289 g/mol. The van der Waals surface area contributed by atoms with Crippen LogP contribution in [-0.2, 0) is 6.54 Å². The summed E-state index contributed by atoms with van der Waals surface area (Å²) in [6, 6.07) is 3.02. The molecule has 1 heterocycles. The largest absolute Gasteiger partial charge is 0.396 e. The number of rotatable bonds is 3. The van der Waals surface area contributed by atoms with Crippen LogP contribution in [0.2, 0.25) is 10.0 Å². The van der Waals surface area contributed by atoms with E-state index in [4.69, 9.17) is 28.3 Å². The highest BCUT2D eigenvalue weighted by Gasteiger charge is 2.09. The summed E-state index contributed by atoms with van der Waals surface area (Å²) < 4.78 is 1.28. The number of hydrogen-bond acceptors (Lipinski definition) is 3. The van der Waals surface area contributed by atoms with Crippen molar-refractivity contribution in [1.29, 1.82) is 0 Å². The number of hydrogen-bond donors (Lipinski definition) is 2. The third-order valence-electron chi connectivity index (χ3n) is 2.56. The summed E-state index contributed by atoms with van der Waals surface area (Å²) in [4.78, 5) is 25.7. The van der Waals surface area contributed by atoms with E-state index in [1.807, 2.05) is 0 Å². The molecule has 1 aromatic heterocycles. The Morgan fingerprint density at radius 1 is 1.22 bits per heavy atom. The fourth-order valence-electron chi connectivity index (χ4n) is 1.72. The highest BCUT2D eigenvalue weighted by atomic mass is 35.5. The smallest absolute Gasteiger partial charge is 0.316 e. The van der Waals surface area contributed by atoms with E-state index in [0.29, 0.717) is 27.5 Å². The van der Waals surface area contributed by atoms with Crippen molar-refractivity contribution in [2.24, 2.45) is 0 Å². The van der Waals surface area contributed by atoms with Gasteiger partial charge in [-0.3, -0.25) is 9.59 Å². The van der Waals surface area contributed by atoms with Crippen LogP contribution < -0.4 is 11.1 Å². The van der Waals surface area contributed by atoms with Gasteiger partial charge in [0, 0.05) is 13.2 Å². The Labute approximate surface area is 112 Å². The van der Waals surface area contributed by atoms with Crippen molar-refractivity contribution in [2.45, 2.75) is 13.0 Å². The normalized spacial score (nSPS) is 11.1. The first-order valence-corrected chi connectivity index (χ1v) is 6.03. The van der Waals surface area contributed by atoms with Crippen molar-refractivity contribution in [2.75, 3.05) is 6.61 Å². The summed E-state index contributed by atoms with van der Waals surface area (Å²) in [6.45, 7) is 0.176. The quantitative estimate of drug-likeness (QED) is 0.838. The fraction of sp³-hybridized carbons (Fsp3) is 0.273. The van der Waals surface area contributed by atoms with E-state index in [1.54, 1.807) is 0 Å². The lowest BCUT2D eigenvalue weighted by Gasteiger charge is -2.09. The number of aliphatic hydroxyl groups is 1. The maximum absolute atomic E-state index is 11.7. The zero-order valence-corrected chi connectivity index (χ0v) is 10.8. The number of aryl methyl sites for hydroxylation is 1. The zero-order chi connectivity index (χ0) is 13.3. The van der Waals surface area contributed by atoms with Crippen LogP contribution in [0, 0.1) is 0 Å². The Kier molecular flexibility index (Phi) is 3.75. The minimum atomic E-state index is -0.723. The molecule has 96 valence electrons. The van der Waals surface area contributed by atoms with E-state index >= 15 is 0 Å². The molecular weight excluding hydrogens is 279 g/mol. The van der Waals surface area contributed by atoms with Crippen molar-refractivity contribution in [1.82, 2.24) is 9.55 Å². The van der Waals surface area contributed by atoms with Gasteiger partial charge in [0.1, 0.15) is 0 Å². The molecule has 5 nitrogen and oxygen atoms in total. The first-order chi connectivity index (χ1) is 8.54. The third-order valence-corrected chi connectivity index (χ3v) is 3.28. The van der Waals surface area contributed by atoms with Crippen molar-refractivity contribution in [3.8, 4) is 0 Å². The molecule has 18 heavy (non-hydrogen) atoms. The number of fused-ring (bicyclic) bond motifs is 1. The van der Waals surface area contributed by atoms with Crippen LogP contribution in [0.4, 0.5) is 0 Å². The number of aliphatic hydroxyl groups excluding tert-OH is 1. The van der Waals surface area contributed by atoms with Gasteiger partial charge in [0.25, 0.3) is 0 Å². The standard InChI is InChI=1S/C11H10Cl2N2O3/c12-6-4-8-9(5-7(6)13)15(2-1-3-16)11(18)10(17)14-8/h4-5,16H,1-3H2,(H,14,17). The van der Waals surface area contributed by atoms with Crippen LogP contribution in [0.1, 0.15) is 6.42 Å². The lowest BCUT2D eigenvalue weighted by molar-refractivity contribution is 0.280. The second-order valence-electron chi connectivity index (χ2n) is 3.77. The molecule has 0 spiro atoms. The van der Waals surface area contributed by atoms with Crippen LogP contribution in [0.15, 0.2) is 21.7 Å². The SMILES string of the molecule is O=c1[nH]c2cc(Cl)c(Cl)cc2n(CCCO)c1=O. The summed E-state index contributed by atoms with van der Waals surface area (Å²) in [5.41, 5.74) is -0.470. The van der Waals surface area contributed by atoms with Gasteiger partial charge in [-0.25, -0.2) is 0 Å². The third kappa shape index (κ3) is 2.29. The summed E-state index contributed by atoms with van der Waals surface area (Å²) in [5, 5.41) is 9.41. The minimum absolute atomic E-state index is 0.0674. The number of halogens is 2. The monoisotopic (exact) mass is 288 g/mol. The molecule has 2 aromatic rings. The van der Waals surface area contributed by atoms with E-state index in [9.17, 15) is 9.59 Å². The topological polar surface area (TPSA) is 75.1 Å². The number of H-pyrrole nitrogens is 1. The number of nitrogens with zero attached hydrogens (tertiary/aromatic N) is 1. The highest BCUT2D eigenvalue weighted by molar-refractivity contribution is 6.42. The maximum atomic E-state index is 11.7. The molecule has 1 aromatic carbocycles. The Morgan fingerprint density at radius 3 is 2.56 bits per heavy atom. The maximum Gasteiger partial charge on any atom is 0.316 e. The van der Waals surface area contributed by atoms with E-state index in [0.717, 1.165) is 0 Å². The average Bonchev–Trinajstić information content (AvgIpc) is 2.33. The van der Waals surface area contributed by atoms with Gasteiger partial charge in [0.2, 0.25) is 0 Å². The molecule has 0 bridgehead atoms. The molecule has 0 fully saturated rings. The number of aromatic nitrogens is 2. The van der Waals surface area contributed by atoms with E-state index in [-0.39, 0.29) is 13.2 Å². The number of nitrogens with one attached hydrogen (secondary N) is 1. The van der Waals surface area contributed by atoms with Crippen LogP contribution >= 0.6 is 23.2 Å². The molecule has 0 amide bonds. The van der Waals surface area contributed by atoms with Gasteiger partial charge in [-0.15, -0.1) is 0 Å². The summed E-state index contributed by atoms with van der Waals surface area (Å²) in [5.74, 6) is 0. The Hall–Kier alpha value is -1.30. The molecule has 0 radical (unpaired) electrons. The van der Waals surface area contributed by atoms with Crippen molar-refractivity contribution >= 4 is 34.2 Å². The second-order valence-corrected chi connectivity index (χ2v) is 4.59. The molecule has 7 heteroatoms. The number of benzene rings is 1. The summed E-state index contributed by atoms with van der Waals surface area (Å²) >= 11 is 11.8. The molecule has 2 rings (SSSR count). The Morgan fingerprint density at radius 2 is 1.89 bits per heavy atom. The summed E-state index contributed by atoms with van der Waals surface area (Å²) in [7, 11) is 0. The van der Waals surface area contributed by atoms with Gasteiger partial charge in [-0.05, 0) is 18.6 Å². The molecule has 0 unspecified atom stereocenters. The zero-order valence-electron chi connectivity index (χ0n) is 9.24. The summed E-state index contributed by atoms with van der Waals surface area (Å²) in [6.07, 6.45) is 0.374. The predicted octanol–water partition coefficient (Wildman–Crippen LogP) is 1.38. The highest BCUT2D eigenvalue weighted by Crippen LogP contribution is 2.25. The van der Waals surface area contributed by atoms with E-state index in [1.165, 1.54) is 16.7 Å². The lowest BCUT2D eigenvalue weighted by Crippen LogP contribution is -2.36. The van der Waals surface area contributed by atoms with Gasteiger partial charge < -0.3 is 14.7 Å². The Balaban J connectivity index is 2.79. The minimum Gasteiger partial charge on any atom is -0.396 e. The van der Waals surface area contributed by atoms with Crippen LogP contribution in [0.25, 0.3) is 11.0 Å². The van der Waals surface area contributed by atoms with E-state index < -0.39 is 11.1 Å². The lowest BCUT2D eigenvalue weighted by atomic mass is 10.3. The fourth-order valence-corrected chi connectivity index (χ4v) is 2.04. The number of aromatic amines is 1. The van der Waals surface area contributed by atoms with E-state index in [2.05, 4.69) is 4.98 Å². The second kappa shape index (κ2) is 5.14. The van der Waals surface area contributed by atoms with Gasteiger partial charge in [-0.2, -0.15) is 0 Å². The first-order valence-electron chi connectivity index (χ1n) is 5.27. The molecular formula is C11H10Cl2N2O3. The van der Waals surface area contributed by atoms with Crippen LogP contribution in [-0.4, -0.2) is 21.3 Å². The van der Waals surface area contributed by atoms with Gasteiger partial charge in [0.15, 0.2) is 0 Å². The molecule has 0 aliphatic heterocycles. The molecule has 2 N–H and O–H groups in total. The van der Waals surface area contributed by atoms with Gasteiger partial charge in [-0.1, -0.05) is 23.2 Å². The van der Waals surface area contributed by atoms with Gasteiger partial charge in [0.05, 0.1) is 21.1 Å². The predicted molar refractivity (Wildman–Crippen MR) is 70.6 cm³/mol. The Bertz CT molecular complexity index is 706. The molecule has 0 saturated carbocycles. The molecule has 0 aliphatic rings. The first kappa shape index (κ1) is 13.1. The van der Waals surface area contributed by atoms with Gasteiger partial charge >= 0.3 is 11.1 Å². The van der Waals surface area contributed by atoms with Crippen molar-refractivity contribution in [3.63, 3.8) is 0 Å². The molecule has 0 saturated heterocycles. The van der Waals surface area contributed by atoms with Crippen molar-refractivity contribution in [3.05, 3.63) is 42.9 Å². The molecule has 0 aliphatic carbocycles.